The van der Waals surface area contributed by atoms with Crippen LogP contribution < -0.4 is 16.6 Å². The molecular formula is C32H28N4O3. The SMILES string of the molecule is N#Cc1cccc(-c2cccc(-c3ccc(CCNC[C@H](O)c4ccc(O)c5[nH]c(=O)ccc45)c(N)c3)c2)c1. The van der Waals surface area contributed by atoms with Crippen molar-refractivity contribution >= 4 is 16.6 Å². The number of nitrogen functional groups attached to an aromatic ring is 1. The molecule has 0 saturated heterocycles. The van der Waals surface area contributed by atoms with Crippen molar-refractivity contribution in [3.8, 4) is 34.1 Å². The lowest BCUT2D eigenvalue weighted by atomic mass is 9.96. The van der Waals surface area contributed by atoms with Crippen molar-refractivity contribution < 1.29 is 10.2 Å². The molecule has 1 heterocycles. The Labute approximate surface area is 225 Å². The second-order valence-corrected chi connectivity index (χ2v) is 9.44. The number of hydrogen-bond donors (Lipinski definition) is 5. The Hall–Kier alpha value is -4.90. The number of nitrogens with zero attached hydrogens (tertiary/aromatic N) is 1. The number of H-pyrrole nitrogens is 1. The number of anilines is 1. The van der Waals surface area contributed by atoms with Gasteiger partial charge >= 0.3 is 0 Å². The van der Waals surface area contributed by atoms with E-state index in [0.717, 1.165) is 27.8 Å². The molecule has 7 heteroatoms. The zero-order valence-corrected chi connectivity index (χ0v) is 21.2. The minimum atomic E-state index is -0.820. The van der Waals surface area contributed by atoms with E-state index in [4.69, 9.17) is 5.73 Å². The molecule has 5 rings (SSSR count). The molecule has 39 heavy (non-hydrogen) atoms. The lowest BCUT2D eigenvalue weighted by Crippen LogP contribution is -2.24. The van der Waals surface area contributed by atoms with Crippen LogP contribution in [-0.4, -0.2) is 28.3 Å². The van der Waals surface area contributed by atoms with E-state index in [2.05, 4.69) is 28.5 Å². The van der Waals surface area contributed by atoms with Crippen molar-refractivity contribution in [1.82, 2.24) is 10.3 Å². The van der Waals surface area contributed by atoms with Crippen molar-refractivity contribution in [1.29, 1.82) is 5.26 Å². The molecule has 0 bridgehead atoms. The van der Waals surface area contributed by atoms with E-state index in [0.29, 0.717) is 47.2 Å². The monoisotopic (exact) mass is 516 g/mol. The van der Waals surface area contributed by atoms with Gasteiger partial charge in [0.1, 0.15) is 5.75 Å². The smallest absolute Gasteiger partial charge is 0.248 e. The Morgan fingerprint density at radius 2 is 1.62 bits per heavy atom. The van der Waals surface area contributed by atoms with E-state index in [1.165, 1.54) is 12.1 Å². The molecule has 4 aromatic carbocycles. The van der Waals surface area contributed by atoms with Crippen LogP contribution in [0, 0.1) is 11.3 Å². The number of hydrogen-bond acceptors (Lipinski definition) is 6. The summed E-state index contributed by atoms with van der Waals surface area (Å²) in [5.41, 5.74) is 13.4. The van der Waals surface area contributed by atoms with Gasteiger partial charge in [-0.2, -0.15) is 5.26 Å². The Bertz CT molecular complexity index is 1750. The van der Waals surface area contributed by atoms with E-state index < -0.39 is 6.10 Å². The number of aromatic nitrogens is 1. The predicted octanol–water partition coefficient (Wildman–Crippen LogP) is 4.89. The minimum Gasteiger partial charge on any atom is -0.506 e. The zero-order chi connectivity index (χ0) is 27.4. The quantitative estimate of drug-likeness (QED) is 0.147. The number of aliphatic hydroxyl groups is 1. The first-order valence-corrected chi connectivity index (χ1v) is 12.7. The van der Waals surface area contributed by atoms with Gasteiger partial charge in [0.2, 0.25) is 5.56 Å². The van der Waals surface area contributed by atoms with Crippen LogP contribution in [0.4, 0.5) is 5.69 Å². The summed E-state index contributed by atoms with van der Waals surface area (Å²) in [6, 6.07) is 30.0. The lowest BCUT2D eigenvalue weighted by molar-refractivity contribution is 0.176. The van der Waals surface area contributed by atoms with Crippen LogP contribution in [0.1, 0.15) is 22.8 Å². The molecule has 0 aliphatic carbocycles. The van der Waals surface area contributed by atoms with Gasteiger partial charge in [-0.1, -0.05) is 48.5 Å². The summed E-state index contributed by atoms with van der Waals surface area (Å²) in [5.74, 6) is -0.0366. The number of fused-ring (bicyclic) bond motifs is 1. The first-order chi connectivity index (χ1) is 18.9. The van der Waals surface area contributed by atoms with E-state index in [-0.39, 0.29) is 11.3 Å². The number of aromatic amines is 1. The number of nitrogens with two attached hydrogens (primary N) is 1. The summed E-state index contributed by atoms with van der Waals surface area (Å²) in [4.78, 5) is 14.2. The van der Waals surface area contributed by atoms with Gasteiger partial charge < -0.3 is 26.2 Å². The maximum atomic E-state index is 11.6. The third-order valence-corrected chi connectivity index (χ3v) is 6.84. The van der Waals surface area contributed by atoms with E-state index >= 15 is 0 Å². The van der Waals surface area contributed by atoms with Gasteiger partial charge in [0.15, 0.2) is 0 Å². The maximum Gasteiger partial charge on any atom is 0.248 e. The molecule has 0 spiro atoms. The summed E-state index contributed by atoms with van der Waals surface area (Å²) in [7, 11) is 0. The molecule has 0 saturated carbocycles. The second-order valence-electron chi connectivity index (χ2n) is 9.44. The fourth-order valence-corrected chi connectivity index (χ4v) is 4.77. The number of aromatic hydroxyl groups is 1. The van der Waals surface area contributed by atoms with Crippen molar-refractivity contribution in [2.45, 2.75) is 12.5 Å². The van der Waals surface area contributed by atoms with Crippen molar-refractivity contribution in [2.24, 2.45) is 0 Å². The number of aliphatic hydroxyl groups excluding tert-OH is 1. The zero-order valence-electron chi connectivity index (χ0n) is 21.2. The standard InChI is InChI=1S/C32H28N4O3/c33-18-20-3-1-4-22(15-20)23-5-2-6-24(16-23)25-8-7-21(28(34)17-25)13-14-35-19-30(38)26-9-11-29(37)32-27(26)10-12-31(39)36-32/h1-12,15-17,30,35,37-38H,13-14,19,34H2,(H,36,39)/t30-/m0/s1. The first-order valence-electron chi connectivity index (χ1n) is 12.7. The topological polar surface area (TPSA) is 135 Å². The Kier molecular flexibility index (Phi) is 7.41. The second kappa shape index (κ2) is 11.2. The number of nitrogens with one attached hydrogen (secondary N) is 2. The van der Waals surface area contributed by atoms with Crippen LogP contribution in [-0.2, 0) is 6.42 Å². The van der Waals surface area contributed by atoms with Crippen molar-refractivity contribution in [3.05, 3.63) is 118 Å². The average molecular weight is 517 g/mol. The van der Waals surface area contributed by atoms with Gasteiger partial charge in [0, 0.05) is 23.7 Å². The van der Waals surface area contributed by atoms with Gasteiger partial charge in [0.25, 0.3) is 0 Å². The summed E-state index contributed by atoms with van der Waals surface area (Å²) < 4.78 is 0. The highest BCUT2D eigenvalue weighted by atomic mass is 16.3. The molecule has 0 radical (unpaired) electrons. The van der Waals surface area contributed by atoms with Crippen molar-refractivity contribution in [2.75, 3.05) is 18.8 Å². The fraction of sp³-hybridized carbons (Fsp3) is 0.125. The normalized spacial score (nSPS) is 11.8. The van der Waals surface area contributed by atoms with Crippen LogP contribution in [0.15, 0.2) is 95.8 Å². The Morgan fingerprint density at radius 3 is 2.36 bits per heavy atom. The number of pyridine rings is 1. The summed E-state index contributed by atoms with van der Waals surface area (Å²) in [6.45, 7) is 0.912. The molecule has 0 amide bonds. The average Bonchev–Trinajstić information content (AvgIpc) is 2.96. The Morgan fingerprint density at radius 1 is 0.897 bits per heavy atom. The summed E-state index contributed by atoms with van der Waals surface area (Å²) >= 11 is 0. The number of phenolic OH excluding ortho intramolecular Hbond substituents is 1. The third kappa shape index (κ3) is 5.68. The molecule has 0 fully saturated rings. The molecule has 6 N–H and O–H groups in total. The molecule has 1 aromatic heterocycles. The van der Waals surface area contributed by atoms with E-state index in [9.17, 15) is 20.3 Å². The summed E-state index contributed by atoms with van der Waals surface area (Å²) in [6.07, 6.45) is -0.136. The van der Waals surface area contributed by atoms with Gasteiger partial charge in [-0.3, -0.25) is 4.79 Å². The van der Waals surface area contributed by atoms with Crippen LogP contribution >= 0.6 is 0 Å². The highest BCUT2D eigenvalue weighted by Crippen LogP contribution is 2.30. The number of nitriles is 1. The first kappa shape index (κ1) is 25.7. The lowest BCUT2D eigenvalue weighted by Gasteiger charge is -2.16. The fourth-order valence-electron chi connectivity index (χ4n) is 4.77. The van der Waals surface area contributed by atoms with E-state index in [1.807, 2.05) is 48.5 Å². The molecule has 7 nitrogen and oxygen atoms in total. The molecule has 5 aromatic rings. The molecular weight excluding hydrogens is 488 g/mol. The van der Waals surface area contributed by atoms with Crippen LogP contribution in [0.5, 0.6) is 5.75 Å². The van der Waals surface area contributed by atoms with Crippen LogP contribution in [0.3, 0.4) is 0 Å². The number of rotatable bonds is 8. The predicted molar refractivity (Wildman–Crippen MR) is 154 cm³/mol. The van der Waals surface area contributed by atoms with Crippen LogP contribution in [0.25, 0.3) is 33.2 Å². The number of benzene rings is 4. The van der Waals surface area contributed by atoms with Gasteiger partial charge in [0.05, 0.1) is 23.3 Å². The number of phenols is 1. The van der Waals surface area contributed by atoms with Gasteiger partial charge in [-0.25, -0.2) is 0 Å². The largest absolute Gasteiger partial charge is 0.506 e. The highest BCUT2D eigenvalue weighted by molar-refractivity contribution is 5.87. The third-order valence-electron chi connectivity index (χ3n) is 6.84. The summed E-state index contributed by atoms with van der Waals surface area (Å²) in [5, 5.41) is 33.9. The Balaban J connectivity index is 1.23. The molecule has 0 aliphatic heterocycles. The van der Waals surface area contributed by atoms with Crippen LogP contribution in [0.2, 0.25) is 0 Å². The molecule has 0 unspecified atom stereocenters. The molecule has 0 aliphatic rings. The van der Waals surface area contributed by atoms with E-state index in [1.54, 1.807) is 18.2 Å². The minimum absolute atomic E-state index is 0.0366. The van der Waals surface area contributed by atoms with Crippen molar-refractivity contribution in [3.63, 3.8) is 0 Å². The van der Waals surface area contributed by atoms with Gasteiger partial charge in [-0.05, 0) is 82.7 Å². The molecule has 194 valence electrons. The molecule has 1 atom stereocenters. The highest BCUT2D eigenvalue weighted by Gasteiger charge is 2.14. The van der Waals surface area contributed by atoms with Gasteiger partial charge in [-0.15, -0.1) is 0 Å². The maximum absolute atomic E-state index is 11.6.